The largest absolute Gasteiger partial charge is 0.416 e. The Bertz CT molecular complexity index is 573. The summed E-state index contributed by atoms with van der Waals surface area (Å²) in [6.45, 7) is 16.9. The summed E-state index contributed by atoms with van der Waals surface area (Å²) >= 11 is 0. The fourth-order valence-corrected chi connectivity index (χ4v) is 3.16. The van der Waals surface area contributed by atoms with E-state index < -0.39 is 8.32 Å². The first-order valence-electron chi connectivity index (χ1n) is 9.50. The smallest absolute Gasteiger partial charge is 0.192 e. The van der Waals surface area contributed by atoms with Crippen molar-refractivity contribution in [1.29, 1.82) is 0 Å². The van der Waals surface area contributed by atoms with E-state index >= 15 is 0 Å². The molecule has 0 aliphatic carbocycles. The minimum Gasteiger partial charge on any atom is -0.416 e. The molecular formula is C22H36O3Si. The van der Waals surface area contributed by atoms with Crippen LogP contribution in [0.2, 0.25) is 18.1 Å². The van der Waals surface area contributed by atoms with Gasteiger partial charge >= 0.3 is 0 Å². The Labute approximate surface area is 160 Å². The van der Waals surface area contributed by atoms with E-state index in [1.807, 2.05) is 43.3 Å². The molecule has 1 aromatic carbocycles. The molecule has 146 valence electrons. The lowest BCUT2D eigenvalue weighted by Crippen LogP contribution is -2.41. The Balaban J connectivity index is 2.35. The van der Waals surface area contributed by atoms with Crippen LogP contribution in [-0.4, -0.2) is 27.3 Å². The molecule has 1 rings (SSSR count). The fourth-order valence-electron chi connectivity index (χ4n) is 2.05. The van der Waals surface area contributed by atoms with Gasteiger partial charge in [0.05, 0.1) is 13.2 Å². The lowest BCUT2D eigenvalue weighted by Gasteiger charge is -2.36. The summed E-state index contributed by atoms with van der Waals surface area (Å²) in [4.78, 5) is 12.3. The number of allylic oxidation sites excluding steroid dienone is 1. The van der Waals surface area contributed by atoms with Crippen molar-refractivity contribution in [2.45, 2.75) is 59.4 Å². The van der Waals surface area contributed by atoms with Crippen molar-refractivity contribution in [1.82, 2.24) is 0 Å². The zero-order chi connectivity index (χ0) is 19.8. The summed E-state index contributed by atoms with van der Waals surface area (Å²) in [7, 11) is -1.73. The molecule has 0 heterocycles. The monoisotopic (exact) mass is 376 g/mol. The maximum atomic E-state index is 12.3. The van der Waals surface area contributed by atoms with E-state index in [-0.39, 0.29) is 22.7 Å². The number of rotatable bonds is 10. The first-order valence-corrected chi connectivity index (χ1v) is 12.4. The Morgan fingerprint density at radius 3 is 2.31 bits per heavy atom. The zero-order valence-electron chi connectivity index (χ0n) is 17.5. The summed E-state index contributed by atoms with van der Waals surface area (Å²) in [6.07, 6.45) is 3.65. The third kappa shape index (κ3) is 7.98. The molecule has 0 bridgehead atoms. The second-order valence-electron chi connectivity index (χ2n) is 8.71. The molecule has 26 heavy (non-hydrogen) atoms. The van der Waals surface area contributed by atoms with Crippen LogP contribution in [0.1, 0.15) is 40.2 Å². The van der Waals surface area contributed by atoms with E-state index in [2.05, 4.69) is 40.8 Å². The third-order valence-electron chi connectivity index (χ3n) is 5.07. The van der Waals surface area contributed by atoms with Gasteiger partial charge in [0, 0.05) is 12.5 Å². The minimum atomic E-state index is -1.73. The van der Waals surface area contributed by atoms with E-state index in [1.165, 1.54) is 0 Å². The highest BCUT2D eigenvalue weighted by Gasteiger charge is 2.37. The Hall–Kier alpha value is -1.23. The van der Waals surface area contributed by atoms with Gasteiger partial charge in [-0.15, -0.1) is 0 Å². The Kier molecular flexibility index (Phi) is 8.94. The van der Waals surface area contributed by atoms with Gasteiger partial charge in [0.15, 0.2) is 14.1 Å². The second-order valence-corrected chi connectivity index (χ2v) is 13.5. The van der Waals surface area contributed by atoms with Gasteiger partial charge in [-0.1, -0.05) is 71.0 Å². The summed E-state index contributed by atoms with van der Waals surface area (Å²) in [5.41, 5.74) is 1.12. The van der Waals surface area contributed by atoms with Crippen molar-refractivity contribution < 1.29 is 14.0 Å². The normalized spacial score (nSPS) is 15.2. The van der Waals surface area contributed by atoms with Crippen molar-refractivity contribution in [3.8, 4) is 0 Å². The predicted octanol–water partition coefficient (Wildman–Crippen LogP) is 5.62. The third-order valence-corrected chi connectivity index (χ3v) is 9.57. The molecule has 2 atom stereocenters. The molecule has 0 aromatic heterocycles. The quantitative estimate of drug-likeness (QED) is 0.392. The number of carbonyl (C=O) groups is 1. The molecule has 3 nitrogen and oxygen atoms in total. The Morgan fingerprint density at radius 1 is 1.12 bits per heavy atom. The number of ketones is 1. The Morgan fingerprint density at radius 2 is 1.73 bits per heavy atom. The standard InChI is InChI=1S/C22H36O3Si/c1-18(15-25-26(6,7)22(3,4)5)13-14-21(23)19(2)16-24-17-20-11-9-8-10-12-20/h8-14,18-19H,15-17H2,1-7H3/b14-13+/t18-,19+/m1/s1. The van der Waals surface area contributed by atoms with Gasteiger partial charge in [-0.25, -0.2) is 0 Å². The molecule has 0 radical (unpaired) electrons. The molecule has 0 fully saturated rings. The first kappa shape index (κ1) is 22.8. The molecule has 0 unspecified atom stereocenters. The molecule has 0 saturated carbocycles. The molecule has 4 heteroatoms. The average molecular weight is 377 g/mol. The predicted molar refractivity (Wildman–Crippen MR) is 112 cm³/mol. The fraction of sp³-hybridized carbons (Fsp3) is 0.591. The SMILES string of the molecule is C[C@H](/C=C/C(=O)[C@@H](C)COCc1ccccc1)CO[Si](C)(C)C(C)(C)C. The molecule has 0 N–H and O–H groups in total. The van der Waals surface area contributed by atoms with E-state index in [9.17, 15) is 4.79 Å². The van der Waals surface area contributed by atoms with Crippen LogP contribution >= 0.6 is 0 Å². The van der Waals surface area contributed by atoms with Crippen molar-refractivity contribution in [2.24, 2.45) is 11.8 Å². The molecule has 1 aromatic rings. The van der Waals surface area contributed by atoms with E-state index in [0.717, 1.165) is 5.56 Å². The molecule has 0 saturated heterocycles. The average Bonchev–Trinajstić information content (AvgIpc) is 2.57. The second kappa shape index (κ2) is 10.2. The number of ether oxygens (including phenoxy) is 1. The number of carbonyl (C=O) groups excluding carboxylic acids is 1. The van der Waals surface area contributed by atoms with Crippen LogP contribution in [0, 0.1) is 11.8 Å². The maximum Gasteiger partial charge on any atom is 0.192 e. The highest BCUT2D eigenvalue weighted by molar-refractivity contribution is 6.74. The lowest BCUT2D eigenvalue weighted by atomic mass is 10.1. The zero-order valence-corrected chi connectivity index (χ0v) is 18.5. The van der Waals surface area contributed by atoms with Gasteiger partial charge in [-0.2, -0.15) is 0 Å². The summed E-state index contributed by atoms with van der Waals surface area (Å²) in [6, 6.07) is 10.0. The van der Waals surface area contributed by atoms with Gasteiger partial charge in [0.1, 0.15) is 0 Å². The van der Waals surface area contributed by atoms with Crippen LogP contribution in [0.5, 0.6) is 0 Å². The van der Waals surface area contributed by atoms with E-state index in [4.69, 9.17) is 9.16 Å². The van der Waals surface area contributed by atoms with Gasteiger partial charge in [0.25, 0.3) is 0 Å². The van der Waals surface area contributed by atoms with Crippen LogP contribution < -0.4 is 0 Å². The van der Waals surface area contributed by atoms with Gasteiger partial charge in [-0.3, -0.25) is 4.79 Å². The van der Waals surface area contributed by atoms with Gasteiger partial charge in [0.2, 0.25) is 0 Å². The van der Waals surface area contributed by atoms with Crippen molar-refractivity contribution >= 4 is 14.1 Å². The van der Waals surface area contributed by atoms with Gasteiger partial charge < -0.3 is 9.16 Å². The van der Waals surface area contributed by atoms with Crippen molar-refractivity contribution in [3.63, 3.8) is 0 Å². The number of hydrogen-bond acceptors (Lipinski definition) is 3. The van der Waals surface area contributed by atoms with Crippen molar-refractivity contribution in [3.05, 3.63) is 48.0 Å². The topological polar surface area (TPSA) is 35.5 Å². The van der Waals surface area contributed by atoms with Crippen molar-refractivity contribution in [2.75, 3.05) is 13.2 Å². The van der Waals surface area contributed by atoms with Crippen LogP contribution in [0.15, 0.2) is 42.5 Å². The van der Waals surface area contributed by atoms with E-state index in [1.54, 1.807) is 6.08 Å². The molecule has 0 amide bonds. The summed E-state index contributed by atoms with van der Waals surface area (Å²) in [5, 5.41) is 0.205. The summed E-state index contributed by atoms with van der Waals surface area (Å²) in [5.74, 6) is 0.200. The summed E-state index contributed by atoms with van der Waals surface area (Å²) < 4.78 is 11.9. The van der Waals surface area contributed by atoms with Gasteiger partial charge in [-0.05, 0) is 35.7 Å². The first-order chi connectivity index (χ1) is 12.0. The number of benzene rings is 1. The van der Waals surface area contributed by atoms with E-state index in [0.29, 0.717) is 19.8 Å². The minimum absolute atomic E-state index is 0.109. The maximum absolute atomic E-state index is 12.3. The molecule has 0 aliphatic heterocycles. The molecular weight excluding hydrogens is 340 g/mol. The highest BCUT2D eigenvalue weighted by Crippen LogP contribution is 2.36. The molecule has 0 aliphatic rings. The lowest BCUT2D eigenvalue weighted by molar-refractivity contribution is -0.119. The highest BCUT2D eigenvalue weighted by atomic mass is 28.4. The van der Waals surface area contributed by atoms with Crippen LogP contribution in [0.25, 0.3) is 0 Å². The van der Waals surface area contributed by atoms with Crippen LogP contribution in [0.3, 0.4) is 0 Å². The van der Waals surface area contributed by atoms with Crippen LogP contribution in [0.4, 0.5) is 0 Å². The number of hydrogen-bond donors (Lipinski definition) is 0. The van der Waals surface area contributed by atoms with Crippen LogP contribution in [-0.2, 0) is 20.6 Å². The molecule has 0 spiro atoms.